The number of carbonyl (C=O) groups excluding carboxylic acids is 1. The van der Waals surface area contributed by atoms with Gasteiger partial charge < -0.3 is 21.6 Å². The zero-order chi connectivity index (χ0) is 20.2. The van der Waals surface area contributed by atoms with Crippen molar-refractivity contribution in [3.8, 4) is 0 Å². The Morgan fingerprint density at radius 3 is 2.61 bits per heavy atom. The van der Waals surface area contributed by atoms with Crippen molar-refractivity contribution in [2.24, 2.45) is 10.9 Å². The summed E-state index contributed by atoms with van der Waals surface area (Å²) in [7, 11) is 0. The van der Waals surface area contributed by atoms with Crippen LogP contribution >= 0.6 is 0 Å². The highest BCUT2D eigenvalue weighted by Gasteiger charge is 2.20. The van der Waals surface area contributed by atoms with Gasteiger partial charge in [0.05, 0.1) is 6.21 Å². The molecule has 8 nitrogen and oxygen atoms in total. The number of benzene rings is 1. The number of hydrogen-bond donors (Lipinski definition) is 4. The van der Waals surface area contributed by atoms with E-state index in [1.807, 2.05) is 24.3 Å². The number of aliphatic carboxylic acids is 1. The monoisotopic (exact) mass is 383 g/mol. The maximum atomic E-state index is 12.0. The summed E-state index contributed by atoms with van der Waals surface area (Å²) in [5.41, 5.74) is 2.89. The third kappa shape index (κ3) is 7.45. The number of urea groups is 1. The first-order valence-electron chi connectivity index (χ1n) is 9.06. The van der Waals surface area contributed by atoms with Crippen molar-refractivity contribution < 1.29 is 14.7 Å². The second-order valence-electron chi connectivity index (χ2n) is 6.33. The van der Waals surface area contributed by atoms with E-state index < -0.39 is 18.0 Å². The number of carbonyl (C=O) groups is 2. The number of rotatable bonds is 10. The van der Waals surface area contributed by atoms with Crippen molar-refractivity contribution in [1.29, 1.82) is 0 Å². The van der Waals surface area contributed by atoms with Crippen LogP contribution in [0.3, 0.4) is 0 Å². The van der Waals surface area contributed by atoms with Gasteiger partial charge >= 0.3 is 12.0 Å². The molecule has 8 heteroatoms. The molecular formula is C20H25N5O3. The summed E-state index contributed by atoms with van der Waals surface area (Å²) in [6.07, 6.45) is 7.56. The van der Waals surface area contributed by atoms with Gasteiger partial charge in [-0.15, -0.1) is 0 Å². The van der Waals surface area contributed by atoms with Crippen LogP contribution in [-0.2, 0) is 17.6 Å². The number of carboxylic acids is 1. The minimum Gasteiger partial charge on any atom is -0.480 e. The average molecular weight is 383 g/mol. The summed E-state index contributed by atoms with van der Waals surface area (Å²) in [5.74, 6) is 4.03. The molecule has 1 aromatic carbocycles. The largest absolute Gasteiger partial charge is 0.480 e. The predicted molar refractivity (Wildman–Crippen MR) is 107 cm³/mol. The maximum Gasteiger partial charge on any atom is 0.326 e. The molecule has 1 unspecified atom stereocenters. The fourth-order valence-electron chi connectivity index (χ4n) is 2.68. The van der Waals surface area contributed by atoms with Gasteiger partial charge in [-0.1, -0.05) is 30.3 Å². The number of pyridine rings is 1. The molecule has 148 valence electrons. The number of amides is 2. The lowest BCUT2D eigenvalue weighted by Crippen LogP contribution is -2.47. The highest BCUT2D eigenvalue weighted by molar-refractivity contribution is 5.82. The number of aryl methyl sites for hydroxylation is 1. The Hall–Kier alpha value is -3.42. The number of hydrogen-bond acceptors (Lipinski definition) is 5. The summed E-state index contributed by atoms with van der Waals surface area (Å²) in [5, 5.41) is 18.0. The minimum atomic E-state index is -1.08. The fraction of sp³-hybridized carbons (Fsp3) is 0.300. The Morgan fingerprint density at radius 2 is 1.96 bits per heavy atom. The van der Waals surface area contributed by atoms with Gasteiger partial charge in [0.1, 0.15) is 6.04 Å². The van der Waals surface area contributed by atoms with Crippen molar-refractivity contribution >= 4 is 18.2 Å². The van der Waals surface area contributed by atoms with E-state index in [0.29, 0.717) is 6.54 Å². The standard InChI is InChI=1S/C20H25N5O3/c21-24-14-16-8-6-15(7-9-16)4-1-2-11-23-20(28)25-18(19(26)27)12-17-5-3-10-22-13-17/h3,5-10,13-14,18H,1-2,4,11-12,21H2,(H,26,27)(H2,23,25,28). The van der Waals surface area contributed by atoms with E-state index in [1.165, 1.54) is 5.56 Å². The molecule has 28 heavy (non-hydrogen) atoms. The molecule has 2 rings (SSSR count). The lowest BCUT2D eigenvalue weighted by molar-refractivity contribution is -0.139. The lowest BCUT2D eigenvalue weighted by Gasteiger charge is -2.15. The number of nitrogens with one attached hydrogen (secondary N) is 2. The molecule has 0 bridgehead atoms. The maximum absolute atomic E-state index is 12.0. The second kappa shape index (κ2) is 11.3. The first kappa shape index (κ1) is 20.9. The first-order chi connectivity index (χ1) is 13.6. The smallest absolute Gasteiger partial charge is 0.326 e. The molecule has 0 saturated heterocycles. The quantitative estimate of drug-likeness (QED) is 0.215. The first-order valence-corrected chi connectivity index (χ1v) is 9.06. The third-order valence-electron chi connectivity index (χ3n) is 4.15. The zero-order valence-electron chi connectivity index (χ0n) is 15.5. The molecule has 0 aliphatic rings. The normalized spacial score (nSPS) is 11.9. The summed E-state index contributed by atoms with van der Waals surface area (Å²) in [4.78, 5) is 27.3. The average Bonchev–Trinajstić information content (AvgIpc) is 2.69. The SMILES string of the molecule is NN=Cc1ccc(CCCCNC(=O)NC(Cc2cccnc2)C(=O)O)cc1. The Bertz CT molecular complexity index is 778. The number of nitrogens with two attached hydrogens (primary N) is 1. The molecule has 0 aliphatic heterocycles. The molecular weight excluding hydrogens is 358 g/mol. The Balaban J connectivity index is 1.67. The van der Waals surface area contributed by atoms with Crippen molar-refractivity contribution in [1.82, 2.24) is 15.6 Å². The van der Waals surface area contributed by atoms with E-state index >= 15 is 0 Å². The van der Waals surface area contributed by atoms with Crippen molar-refractivity contribution in [2.75, 3.05) is 6.54 Å². The lowest BCUT2D eigenvalue weighted by atomic mass is 10.1. The third-order valence-corrected chi connectivity index (χ3v) is 4.15. The summed E-state index contributed by atoms with van der Waals surface area (Å²) < 4.78 is 0. The van der Waals surface area contributed by atoms with Crippen LogP contribution in [-0.4, -0.2) is 40.9 Å². The van der Waals surface area contributed by atoms with Crippen LogP contribution in [0.25, 0.3) is 0 Å². The number of carboxylic acid groups (broad SMARTS) is 1. The molecule has 1 heterocycles. The molecule has 1 aromatic heterocycles. The number of nitrogens with zero attached hydrogens (tertiary/aromatic N) is 2. The van der Waals surface area contributed by atoms with E-state index in [-0.39, 0.29) is 6.42 Å². The fourth-order valence-corrected chi connectivity index (χ4v) is 2.68. The van der Waals surface area contributed by atoms with Crippen molar-refractivity contribution in [3.05, 3.63) is 65.5 Å². The predicted octanol–water partition coefficient (Wildman–Crippen LogP) is 1.69. The molecule has 5 N–H and O–H groups in total. The highest BCUT2D eigenvalue weighted by atomic mass is 16.4. The molecule has 0 spiro atoms. The van der Waals surface area contributed by atoms with Crippen molar-refractivity contribution in [3.63, 3.8) is 0 Å². The summed E-state index contributed by atoms with van der Waals surface area (Å²) in [6, 6.07) is 9.96. The van der Waals surface area contributed by atoms with Gasteiger partial charge in [0, 0.05) is 25.4 Å². The van der Waals surface area contributed by atoms with Gasteiger partial charge in [-0.3, -0.25) is 4.98 Å². The Kier molecular flexibility index (Phi) is 8.45. The van der Waals surface area contributed by atoms with Crippen LogP contribution in [0.2, 0.25) is 0 Å². The topological polar surface area (TPSA) is 130 Å². The van der Waals surface area contributed by atoms with Gasteiger partial charge in [0.15, 0.2) is 0 Å². The van der Waals surface area contributed by atoms with Crippen LogP contribution in [0, 0.1) is 0 Å². The van der Waals surface area contributed by atoms with E-state index in [1.54, 1.807) is 30.7 Å². The zero-order valence-corrected chi connectivity index (χ0v) is 15.5. The Morgan fingerprint density at radius 1 is 1.18 bits per heavy atom. The molecule has 0 saturated carbocycles. The molecule has 1 atom stereocenters. The van der Waals surface area contributed by atoms with E-state index in [0.717, 1.165) is 30.4 Å². The molecule has 0 fully saturated rings. The summed E-state index contributed by atoms with van der Waals surface area (Å²) in [6.45, 7) is 0.475. The van der Waals surface area contributed by atoms with Crippen LogP contribution in [0.4, 0.5) is 4.79 Å². The second-order valence-corrected chi connectivity index (χ2v) is 6.33. The van der Waals surface area contributed by atoms with E-state index in [2.05, 4.69) is 20.7 Å². The van der Waals surface area contributed by atoms with Gasteiger partial charge in [-0.05, 0) is 42.0 Å². The molecule has 0 aliphatic carbocycles. The van der Waals surface area contributed by atoms with Gasteiger partial charge in [-0.2, -0.15) is 5.10 Å². The van der Waals surface area contributed by atoms with Crippen LogP contribution in [0.5, 0.6) is 0 Å². The molecule has 2 amide bonds. The summed E-state index contributed by atoms with van der Waals surface area (Å²) >= 11 is 0. The van der Waals surface area contributed by atoms with Gasteiger partial charge in [0.2, 0.25) is 0 Å². The van der Waals surface area contributed by atoms with Gasteiger partial charge in [-0.25, -0.2) is 9.59 Å². The van der Waals surface area contributed by atoms with E-state index in [4.69, 9.17) is 5.84 Å². The van der Waals surface area contributed by atoms with Crippen LogP contribution in [0.15, 0.2) is 53.9 Å². The molecule has 2 aromatic rings. The van der Waals surface area contributed by atoms with Crippen LogP contribution in [0.1, 0.15) is 29.5 Å². The number of unbranched alkanes of at least 4 members (excludes halogenated alkanes) is 1. The minimum absolute atomic E-state index is 0.182. The van der Waals surface area contributed by atoms with Crippen LogP contribution < -0.4 is 16.5 Å². The number of hydrazone groups is 1. The van der Waals surface area contributed by atoms with E-state index in [9.17, 15) is 14.7 Å². The highest BCUT2D eigenvalue weighted by Crippen LogP contribution is 2.07. The number of aromatic nitrogens is 1. The van der Waals surface area contributed by atoms with Gasteiger partial charge in [0.25, 0.3) is 0 Å². The Labute approximate surface area is 163 Å². The molecule has 0 radical (unpaired) electrons. The van der Waals surface area contributed by atoms with Crippen molar-refractivity contribution in [2.45, 2.75) is 31.7 Å².